The molecule has 1 aliphatic heterocycles. The quantitative estimate of drug-likeness (QED) is 0.426. The third kappa shape index (κ3) is 5.34. The lowest BCUT2D eigenvalue weighted by Gasteiger charge is -2.31. The third-order valence-electron chi connectivity index (χ3n) is 6.21. The minimum atomic E-state index is -0.272. The zero-order chi connectivity index (χ0) is 22.7. The molecule has 4 rings (SSSR count). The summed E-state index contributed by atoms with van der Waals surface area (Å²) in [6, 6.07) is 7.61. The van der Waals surface area contributed by atoms with Crippen LogP contribution in [-0.4, -0.2) is 44.8 Å². The van der Waals surface area contributed by atoms with Crippen molar-refractivity contribution in [3.05, 3.63) is 29.8 Å². The molecule has 1 aromatic heterocycles. The van der Waals surface area contributed by atoms with Gasteiger partial charge in [-0.2, -0.15) is 0 Å². The van der Waals surface area contributed by atoms with Crippen molar-refractivity contribution in [2.75, 3.05) is 23.3 Å². The number of thioether (sulfide) groups is 1. The highest BCUT2D eigenvalue weighted by Gasteiger charge is 2.33. The van der Waals surface area contributed by atoms with Crippen molar-refractivity contribution in [3.8, 4) is 0 Å². The maximum atomic E-state index is 13.1. The number of piperidine rings is 1. The first-order chi connectivity index (χ1) is 15.5. The molecule has 0 bridgehead atoms. The highest BCUT2D eigenvalue weighted by Crippen LogP contribution is 2.42. The number of hydrogen-bond acceptors (Lipinski definition) is 6. The van der Waals surface area contributed by atoms with E-state index in [1.54, 1.807) is 24.3 Å². The lowest BCUT2D eigenvalue weighted by molar-refractivity contribution is -0.116. The van der Waals surface area contributed by atoms with Gasteiger partial charge in [-0.3, -0.25) is 14.2 Å². The molecule has 2 fully saturated rings. The Morgan fingerprint density at radius 2 is 1.81 bits per heavy atom. The fourth-order valence-corrected chi connectivity index (χ4v) is 5.03. The second-order valence-corrected chi connectivity index (χ2v) is 10.4. The zero-order valence-corrected chi connectivity index (χ0v) is 20.0. The monoisotopic (exact) mass is 455 g/mol. The first-order valence-corrected chi connectivity index (χ1v) is 12.6. The van der Waals surface area contributed by atoms with Gasteiger partial charge in [0.2, 0.25) is 11.9 Å². The Balaban J connectivity index is 1.43. The molecule has 7 nitrogen and oxygen atoms in total. The van der Waals surface area contributed by atoms with Crippen LogP contribution >= 0.6 is 11.8 Å². The number of benzene rings is 1. The maximum absolute atomic E-state index is 13.1. The molecule has 1 atom stereocenters. The van der Waals surface area contributed by atoms with Crippen LogP contribution in [0.15, 0.2) is 29.4 Å². The molecule has 2 aromatic rings. The van der Waals surface area contributed by atoms with Crippen LogP contribution < -0.4 is 10.2 Å². The largest absolute Gasteiger partial charge is 0.341 e. The van der Waals surface area contributed by atoms with Gasteiger partial charge in [0, 0.05) is 36.8 Å². The number of carbonyl (C=O) groups excluding carboxylic acids is 2. The fraction of sp³-hybridized carbons (Fsp3) is 0.583. The zero-order valence-electron chi connectivity index (χ0n) is 19.2. The van der Waals surface area contributed by atoms with Gasteiger partial charge in [-0.1, -0.05) is 25.6 Å². The Morgan fingerprint density at radius 3 is 2.44 bits per heavy atom. The molecular weight excluding hydrogens is 422 g/mol. The molecule has 1 amide bonds. The number of aromatic nitrogens is 3. The van der Waals surface area contributed by atoms with Gasteiger partial charge in [0.05, 0.1) is 5.25 Å². The van der Waals surface area contributed by atoms with Gasteiger partial charge in [0.15, 0.2) is 10.9 Å². The molecule has 32 heavy (non-hydrogen) atoms. The lowest BCUT2D eigenvalue weighted by atomic mass is 10.00. The smallest absolute Gasteiger partial charge is 0.228 e. The van der Waals surface area contributed by atoms with E-state index in [0.29, 0.717) is 23.7 Å². The Kier molecular flexibility index (Phi) is 7.18. The number of carbonyl (C=O) groups is 2. The summed E-state index contributed by atoms with van der Waals surface area (Å²) < 4.78 is 2.26. The topological polar surface area (TPSA) is 80.1 Å². The Bertz CT molecular complexity index is 946. The second kappa shape index (κ2) is 10.1. The average Bonchev–Trinajstić information content (AvgIpc) is 3.54. The number of Topliss-reactive ketones (excluding diaryl/α,β-unsaturated/α-hetero) is 1. The van der Waals surface area contributed by atoms with E-state index in [0.717, 1.165) is 49.4 Å². The van der Waals surface area contributed by atoms with Crippen LogP contribution in [0.5, 0.6) is 0 Å². The predicted octanol–water partition coefficient (Wildman–Crippen LogP) is 4.95. The van der Waals surface area contributed by atoms with Crippen molar-refractivity contribution in [2.45, 2.75) is 75.7 Å². The van der Waals surface area contributed by atoms with Crippen molar-refractivity contribution < 1.29 is 9.59 Å². The highest BCUT2D eigenvalue weighted by atomic mass is 32.2. The molecule has 2 heterocycles. The number of hydrogen-bond donors (Lipinski definition) is 1. The number of anilines is 2. The van der Waals surface area contributed by atoms with Gasteiger partial charge in [-0.05, 0) is 69.2 Å². The summed E-state index contributed by atoms with van der Waals surface area (Å²) in [5.41, 5.74) is 1.36. The van der Waals surface area contributed by atoms with Gasteiger partial charge >= 0.3 is 0 Å². The normalized spacial score (nSPS) is 17.9. The molecule has 1 aromatic carbocycles. The molecule has 1 saturated carbocycles. The molecule has 0 spiro atoms. The van der Waals surface area contributed by atoms with E-state index >= 15 is 0 Å². The van der Waals surface area contributed by atoms with Gasteiger partial charge < -0.3 is 10.2 Å². The van der Waals surface area contributed by atoms with Gasteiger partial charge in [-0.15, -0.1) is 10.2 Å². The van der Waals surface area contributed by atoms with E-state index in [4.69, 9.17) is 0 Å². The van der Waals surface area contributed by atoms with Crippen LogP contribution in [0.3, 0.4) is 0 Å². The van der Waals surface area contributed by atoms with Crippen LogP contribution in [0.2, 0.25) is 0 Å². The minimum absolute atomic E-state index is 0.00567. The first-order valence-electron chi connectivity index (χ1n) is 11.8. The van der Waals surface area contributed by atoms with Crippen LogP contribution in [0.1, 0.15) is 75.7 Å². The lowest BCUT2D eigenvalue weighted by Crippen LogP contribution is -2.34. The second-order valence-electron chi connectivity index (χ2n) is 9.05. The van der Waals surface area contributed by atoms with Gasteiger partial charge in [-0.25, -0.2) is 0 Å². The van der Waals surface area contributed by atoms with Crippen molar-refractivity contribution in [1.29, 1.82) is 0 Å². The van der Waals surface area contributed by atoms with Crippen molar-refractivity contribution in [3.63, 3.8) is 0 Å². The van der Waals surface area contributed by atoms with E-state index in [-0.39, 0.29) is 16.9 Å². The summed E-state index contributed by atoms with van der Waals surface area (Å²) >= 11 is 1.49. The summed E-state index contributed by atoms with van der Waals surface area (Å²) in [5, 5.41) is 12.4. The fourth-order valence-electron chi connectivity index (χ4n) is 4.04. The number of nitrogens with one attached hydrogen (secondary N) is 1. The molecule has 1 N–H and O–H groups in total. The van der Waals surface area contributed by atoms with E-state index in [1.165, 1.54) is 24.6 Å². The molecule has 0 radical (unpaired) electrons. The Hall–Kier alpha value is -2.35. The summed E-state index contributed by atoms with van der Waals surface area (Å²) in [6.07, 6.45) is 5.97. The summed E-state index contributed by atoms with van der Waals surface area (Å²) in [7, 11) is 0. The Labute approximate surface area is 194 Å². The van der Waals surface area contributed by atoms with Crippen molar-refractivity contribution in [2.24, 2.45) is 5.92 Å². The van der Waals surface area contributed by atoms with Crippen LogP contribution in [0.25, 0.3) is 0 Å². The van der Waals surface area contributed by atoms with E-state index in [1.807, 2.05) is 13.8 Å². The van der Waals surface area contributed by atoms with E-state index in [9.17, 15) is 9.59 Å². The van der Waals surface area contributed by atoms with Crippen LogP contribution in [0.4, 0.5) is 11.6 Å². The van der Waals surface area contributed by atoms with Gasteiger partial charge in [0.1, 0.15) is 0 Å². The molecular formula is C24H33N5O2S. The number of ketones is 1. The standard InChI is InChI=1S/C24H33N5O2S/c1-4-5-21(30)25-19-8-6-18(7-9-19)22(31)17(3)32-24-27-26-23(29(24)20-10-11-20)28-14-12-16(2)13-15-28/h6-9,16-17,20H,4-5,10-15H2,1-3H3,(H,25,30). The number of nitrogens with zero attached hydrogens (tertiary/aromatic N) is 4. The first kappa shape index (κ1) is 22.8. The number of rotatable bonds is 9. The summed E-state index contributed by atoms with van der Waals surface area (Å²) in [6.45, 7) is 8.25. The molecule has 1 saturated heterocycles. The third-order valence-corrected chi connectivity index (χ3v) is 7.26. The predicted molar refractivity (Wildman–Crippen MR) is 129 cm³/mol. The van der Waals surface area contributed by atoms with E-state index < -0.39 is 0 Å². The maximum Gasteiger partial charge on any atom is 0.228 e. The molecule has 1 aliphatic carbocycles. The number of amides is 1. The van der Waals surface area contributed by atoms with Crippen molar-refractivity contribution in [1.82, 2.24) is 14.8 Å². The molecule has 1 unspecified atom stereocenters. The molecule has 2 aliphatic rings. The van der Waals surface area contributed by atoms with Gasteiger partial charge in [0.25, 0.3) is 0 Å². The SMILES string of the molecule is CCCC(=O)Nc1ccc(C(=O)C(C)Sc2nnc(N3CCC(C)CC3)n2C2CC2)cc1. The van der Waals surface area contributed by atoms with Crippen LogP contribution in [0, 0.1) is 5.92 Å². The minimum Gasteiger partial charge on any atom is -0.341 e. The highest BCUT2D eigenvalue weighted by molar-refractivity contribution is 8.00. The average molecular weight is 456 g/mol. The Morgan fingerprint density at radius 1 is 1.12 bits per heavy atom. The summed E-state index contributed by atoms with van der Waals surface area (Å²) in [5.74, 6) is 1.78. The molecule has 172 valence electrons. The van der Waals surface area contributed by atoms with Crippen LogP contribution in [-0.2, 0) is 4.79 Å². The van der Waals surface area contributed by atoms with Crippen molar-refractivity contribution >= 4 is 35.1 Å². The van der Waals surface area contributed by atoms with E-state index in [2.05, 4.69) is 31.9 Å². The molecule has 8 heteroatoms. The summed E-state index contributed by atoms with van der Waals surface area (Å²) in [4.78, 5) is 27.2.